The van der Waals surface area contributed by atoms with Gasteiger partial charge in [-0.05, 0) is 26.7 Å². The monoisotopic (exact) mass is 284 g/mol. The molecule has 0 aromatic rings. The van der Waals surface area contributed by atoms with E-state index in [1.165, 1.54) is 19.2 Å². The van der Waals surface area contributed by atoms with E-state index < -0.39 is 49.0 Å². The third-order valence-electron chi connectivity index (χ3n) is 1.84. The van der Waals surface area contributed by atoms with Crippen LogP contribution in [-0.2, 0) is 19.1 Å². The number of carbonyl (C=O) groups excluding carboxylic acids is 3. The number of carboxylic acids is 1. The summed E-state index contributed by atoms with van der Waals surface area (Å²) in [6.07, 6.45) is -7.01. The van der Waals surface area contributed by atoms with Gasteiger partial charge in [0.15, 0.2) is 0 Å². The van der Waals surface area contributed by atoms with Crippen molar-refractivity contribution in [2.75, 3.05) is 0 Å². The molecule has 0 aromatic carbocycles. The molecule has 0 rings (SSSR count). The smallest absolute Gasteiger partial charge is 0.471 e. The molecule has 0 fully saturated rings. The molecule has 0 radical (unpaired) electrons. The number of carboxylic acid groups (broad SMARTS) is 1. The minimum Gasteiger partial charge on any atom is -0.550 e. The normalized spacial score (nSPS) is 12.9. The molecule has 9 heteroatoms. The Morgan fingerprint density at radius 2 is 1.79 bits per heavy atom. The SMILES string of the molecule is CC(C)OC(=O)[C@H](CCC(=O)[O-])NC(=O)C(F)(F)F. The Bertz CT molecular complexity index is 354. The lowest BCUT2D eigenvalue weighted by atomic mass is 10.1. The number of rotatable bonds is 6. The summed E-state index contributed by atoms with van der Waals surface area (Å²) in [6.45, 7) is 2.92. The van der Waals surface area contributed by atoms with Gasteiger partial charge in [-0.25, -0.2) is 4.79 Å². The number of halogens is 3. The predicted octanol–water partition coefficient (Wildman–Crippen LogP) is -0.485. The van der Waals surface area contributed by atoms with E-state index in [-0.39, 0.29) is 0 Å². The van der Waals surface area contributed by atoms with Gasteiger partial charge in [0.2, 0.25) is 0 Å². The van der Waals surface area contributed by atoms with E-state index in [1.54, 1.807) is 0 Å². The molecule has 0 aromatic heterocycles. The Morgan fingerprint density at radius 1 is 1.26 bits per heavy atom. The van der Waals surface area contributed by atoms with Gasteiger partial charge in [-0.3, -0.25) is 4.79 Å². The first kappa shape index (κ1) is 17.2. The Kier molecular flexibility index (Phi) is 6.30. The van der Waals surface area contributed by atoms with E-state index in [2.05, 4.69) is 4.74 Å². The van der Waals surface area contributed by atoms with E-state index in [0.717, 1.165) is 0 Å². The summed E-state index contributed by atoms with van der Waals surface area (Å²) >= 11 is 0. The highest BCUT2D eigenvalue weighted by atomic mass is 19.4. The third-order valence-corrected chi connectivity index (χ3v) is 1.84. The van der Waals surface area contributed by atoms with Crippen LogP contribution in [-0.4, -0.2) is 36.2 Å². The zero-order valence-electron chi connectivity index (χ0n) is 10.2. The van der Waals surface area contributed by atoms with E-state index in [1.807, 2.05) is 0 Å². The maximum atomic E-state index is 12.0. The highest BCUT2D eigenvalue weighted by Crippen LogP contribution is 2.15. The van der Waals surface area contributed by atoms with Crippen molar-refractivity contribution in [1.82, 2.24) is 5.32 Å². The first-order valence-corrected chi connectivity index (χ1v) is 5.32. The van der Waals surface area contributed by atoms with Gasteiger partial charge in [-0.1, -0.05) is 0 Å². The zero-order chi connectivity index (χ0) is 15.2. The van der Waals surface area contributed by atoms with Crippen LogP contribution >= 0.6 is 0 Å². The Hall–Kier alpha value is -1.80. The Morgan fingerprint density at radius 3 is 2.16 bits per heavy atom. The molecule has 0 unspecified atom stereocenters. The van der Waals surface area contributed by atoms with Crippen molar-refractivity contribution in [1.29, 1.82) is 0 Å². The molecule has 0 aliphatic carbocycles. The minimum atomic E-state index is -5.17. The first-order chi connectivity index (χ1) is 8.54. The predicted molar refractivity (Wildman–Crippen MR) is 53.5 cm³/mol. The Labute approximate surface area is 106 Å². The second-order valence-electron chi connectivity index (χ2n) is 3.92. The standard InChI is InChI=1S/C10H14F3NO5/c1-5(2)19-8(17)6(3-4-7(15)16)14-9(18)10(11,12)13/h5-6H,3-4H2,1-2H3,(H,14,18)(H,15,16)/p-1/t6-/m0/s1. The van der Waals surface area contributed by atoms with Crippen LogP contribution in [0.4, 0.5) is 13.2 Å². The van der Waals surface area contributed by atoms with Crippen molar-refractivity contribution >= 4 is 17.8 Å². The topological polar surface area (TPSA) is 95.5 Å². The number of nitrogens with one attached hydrogen (secondary N) is 1. The number of alkyl halides is 3. The molecule has 0 bridgehead atoms. The number of hydrogen-bond donors (Lipinski definition) is 1. The summed E-state index contributed by atoms with van der Waals surface area (Å²) in [6, 6.07) is -1.69. The van der Waals surface area contributed by atoms with Gasteiger partial charge >= 0.3 is 18.1 Å². The van der Waals surface area contributed by atoms with E-state index in [0.29, 0.717) is 0 Å². The van der Waals surface area contributed by atoms with Crippen LogP contribution in [0.5, 0.6) is 0 Å². The van der Waals surface area contributed by atoms with Crippen molar-refractivity contribution in [3.8, 4) is 0 Å². The summed E-state index contributed by atoms with van der Waals surface area (Å²) in [7, 11) is 0. The third kappa shape index (κ3) is 7.27. The van der Waals surface area contributed by atoms with Gasteiger partial charge in [0.05, 0.1) is 6.10 Å². The van der Waals surface area contributed by atoms with Crippen molar-refractivity contribution in [2.24, 2.45) is 0 Å². The highest BCUT2D eigenvalue weighted by Gasteiger charge is 2.41. The maximum absolute atomic E-state index is 12.0. The van der Waals surface area contributed by atoms with Crippen molar-refractivity contribution < 1.29 is 37.4 Å². The quantitative estimate of drug-likeness (QED) is 0.664. The fraction of sp³-hybridized carbons (Fsp3) is 0.700. The van der Waals surface area contributed by atoms with Crippen molar-refractivity contribution in [3.05, 3.63) is 0 Å². The van der Waals surface area contributed by atoms with E-state index in [9.17, 15) is 32.7 Å². The molecule has 0 aliphatic heterocycles. The van der Waals surface area contributed by atoms with E-state index >= 15 is 0 Å². The first-order valence-electron chi connectivity index (χ1n) is 5.32. The number of aliphatic carboxylic acids is 1. The largest absolute Gasteiger partial charge is 0.550 e. The van der Waals surface area contributed by atoms with Crippen LogP contribution in [0.1, 0.15) is 26.7 Å². The summed E-state index contributed by atoms with van der Waals surface area (Å²) in [5.41, 5.74) is 0. The molecule has 0 heterocycles. The average Bonchev–Trinajstić information content (AvgIpc) is 2.20. The van der Waals surface area contributed by atoms with Crippen molar-refractivity contribution in [3.63, 3.8) is 0 Å². The van der Waals surface area contributed by atoms with Gasteiger partial charge in [0.25, 0.3) is 0 Å². The van der Waals surface area contributed by atoms with Crippen LogP contribution in [0.2, 0.25) is 0 Å². The van der Waals surface area contributed by atoms with Gasteiger partial charge in [0.1, 0.15) is 6.04 Å². The molecule has 1 amide bonds. The molecule has 110 valence electrons. The second kappa shape index (κ2) is 6.95. The summed E-state index contributed by atoms with van der Waals surface area (Å²) in [5.74, 6) is -5.02. The van der Waals surface area contributed by atoms with Gasteiger partial charge < -0.3 is 20.0 Å². The lowest BCUT2D eigenvalue weighted by molar-refractivity contribution is -0.305. The fourth-order valence-corrected chi connectivity index (χ4v) is 1.07. The maximum Gasteiger partial charge on any atom is 0.471 e. The zero-order valence-corrected chi connectivity index (χ0v) is 10.2. The lowest BCUT2D eigenvalue weighted by Crippen LogP contribution is -2.48. The van der Waals surface area contributed by atoms with Gasteiger partial charge in [0, 0.05) is 5.97 Å². The fourth-order valence-electron chi connectivity index (χ4n) is 1.07. The molecule has 6 nitrogen and oxygen atoms in total. The molecule has 0 spiro atoms. The number of ether oxygens (including phenoxy) is 1. The molecule has 1 N–H and O–H groups in total. The van der Waals surface area contributed by atoms with Gasteiger partial charge in [-0.15, -0.1) is 0 Å². The number of amides is 1. The van der Waals surface area contributed by atoms with Crippen LogP contribution in [0.15, 0.2) is 0 Å². The van der Waals surface area contributed by atoms with Crippen LogP contribution in [0.3, 0.4) is 0 Å². The molecular weight excluding hydrogens is 271 g/mol. The number of esters is 1. The molecule has 1 atom stereocenters. The van der Waals surface area contributed by atoms with Crippen LogP contribution in [0.25, 0.3) is 0 Å². The number of carbonyl (C=O) groups is 3. The van der Waals surface area contributed by atoms with E-state index in [4.69, 9.17) is 0 Å². The molecule has 0 saturated carbocycles. The molecule has 0 aliphatic rings. The summed E-state index contributed by atoms with van der Waals surface area (Å²) in [5, 5.41) is 11.6. The second-order valence-corrected chi connectivity index (χ2v) is 3.92. The Balaban J connectivity index is 4.71. The highest BCUT2D eigenvalue weighted by molar-refractivity contribution is 5.87. The molecule has 0 saturated heterocycles. The van der Waals surface area contributed by atoms with Crippen molar-refractivity contribution in [2.45, 2.75) is 45.0 Å². The number of hydrogen-bond acceptors (Lipinski definition) is 5. The average molecular weight is 284 g/mol. The summed E-state index contributed by atoms with van der Waals surface area (Å²) < 4.78 is 40.7. The van der Waals surface area contributed by atoms with Crippen LogP contribution in [0, 0.1) is 0 Å². The minimum absolute atomic E-state index is 0.546. The molecule has 19 heavy (non-hydrogen) atoms. The van der Waals surface area contributed by atoms with Gasteiger partial charge in [-0.2, -0.15) is 13.2 Å². The van der Waals surface area contributed by atoms with Crippen LogP contribution < -0.4 is 10.4 Å². The lowest BCUT2D eigenvalue weighted by Gasteiger charge is -2.19. The molecular formula is C10H13F3NO5-. The summed E-state index contributed by atoms with van der Waals surface area (Å²) in [4.78, 5) is 32.3.